The van der Waals surface area contributed by atoms with Crippen LogP contribution in [0.4, 0.5) is 4.79 Å². The Labute approximate surface area is 101 Å². The van der Waals surface area contributed by atoms with Crippen LogP contribution in [-0.2, 0) is 0 Å². The van der Waals surface area contributed by atoms with E-state index in [0.717, 1.165) is 12.8 Å². The summed E-state index contributed by atoms with van der Waals surface area (Å²) in [5.41, 5.74) is 5.53. The van der Waals surface area contributed by atoms with Crippen molar-refractivity contribution in [3.05, 3.63) is 30.3 Å². The highest BCUT2D eigenvalue weighted by Crippen LogP contribution is 2.25. The van der Waals surface area contributed by atoms with E-state index in [4.69, 9.17) is 10.5 Å². The smallest absolute Gasteiger partial charge is 0.410 e. The van der Waals surface area contributed by atoms with Gasteiger partial charge >= 0.3 is 6.09 Å². The summed E-state index contributed by atoms with van der Waals surface area (Å²) in [5, 5.41) is 0. The van der Waals surface area contributed by atoms with Crippen LogP contribution >= 0.6 is 0 Å². The Morgan fingerprint density at radius 1 is 1.35 bits per heavy atom. The molecule has 0 bridgehead atoms. The lowest BCUT2D eigenvalue weighted by molar-refractivity contribution is 0.105. The van der Waals surface area contributed by atoms with Crippen molar-refractivity contribution < 1.29 is 9.53 Å². The number of nitrogens with two attached hydrogens (primary N) is 1. The molecule has 0 atom stereocenters. The average Bonchev–Trinajstić information content (AvgIpc) is 2.27. The molecule has 1 fully saturated rings. The van der Waals surface area contributed by atoms with E-state index in [2.05, 4.69) is 0 Å². The lowest BCUT2D eigenvalue weighted by Gasteiger charge is -2.36. The summed E-state index contributed by atoms with van der Waals surface area (Å²) >= 11 is 0. The van der Waals surface area contributed by atoms with Gasteiger partial charge in [-0.2, -0.15) is 0 Å². The summed E-state index contributed by atoms with van der Waals surface area (Å²) in [6.45, 7) is 1.04. The molecule has 0 heterocycles. The van der Waals surface area contributed by atoms with Gasteiger partial charge in [-0.1, -0.05) is 18.2 Å². The molecule has 0 saturated heterocycles. The summed E-state index contributed by atoms with van der Waals surface area (Å²) < 4.78 is 5.32. The molecule has 0 radical (unpaired) electrons. The number of benzene rings is 1. The standard InChI is InChI=1S/C13H18N2O2/c14-9-10-15(11-5-4-6-11)13(16)17-12-7-2-1-3-8-12/h1-3,7-8,11H,4-6,9-10,14H2. The number of hydrogen-bond acceptors (Lipinski definition) is 3. The van der Waals surface area contributed by atoms with Crippen LogP contribution in [-0.4, -0.2) is 30.1 Å². The lowest BCUT2D eigenvalue weighted by atomic mass is 9.92. The number of carbonyl (C=O) groups is 1. The van der Waals surface area contributed by atoms with Crippen LogP contribution in [0.5, 0.6) is 5.75 Å². The molecule has 0 aliphatic heterocycles. The molecule has 0 unspecified atom stereocenters. The van der Waals surface area contributed by atoms with E-state index >= 15 is 0 Å². The van der Waals surface area contributed by atoms with Crippen molar-refractivity contribution in [2.45, 2.75) is 25.3 Å². The van der Waals surface area contributed by atoms with Crippen molar-refractivity contribution >= 4 is 6.09 Å². The molecule has 1 aliphatic rings. The van der Waals surface area contributed by atoms with Gasteiger partial charge in [-0.05, 0) is 31.4 Å². The number of ether oxygens (including phenoxy) is 1. The number of amides is 1. The highest BCUT2D eigenvalue weighted by molar-refractivity contribution is 5.71. The van der Waals surface area contributed by atoms with E-state index < -0.39 is 0 Å². The molecule has 1 aliphatic carbocycles. The third-order valence-electron chi connectivity index (χ3n) is 3.07. The Hall–Kier alpha value is -1.55. The fourth-order valence-electron chi connectivity index (χ4n) is 1.91. The Morgan fingerprint density at radius 2 is 2.06 bits per heavy atom. The molecule has 92 valence electrons. The zero-order chi connectivity index (χ0) is 12.1. The van der Waals surface area contributed by atoms with Crippen molar-refractivity contribution in [1.29, 1.82) is 0 Å². The van der Waals surface area contributed by atoms with E-state index in [1.165, 1.54) is 6.42 Å². The second-order valence-electron chi connectivity index (χ2n) is 4.25. The van der Waals surface area contributed by atoms with Gasteiger partial charge in [0.25, 0.3) is 0 Å². The van der Waals surface area contributed by atoms with Crippen LogP contribution in [0.1, 0.15) is 19.3 Å². The first kappa shape index (κ1) is 11.9. The van der Waals surface area contributed by atoms with Crippen LogP contribution in [0.15, 0.2) is 30.3 Å². The van der Waals surface area contributed by atoms with Crippen molar-refractivity contribution in [3.63, 3.8) is 0 Å². The van der Waals surface area contributed by atoms with Crippen molar-refractivity contribution in [2.24, 2.45) is 5.73 Å². The van der Waals surface area contributed by atoms with Crippen molar-refractivity contribution in [3.8, 4) is 5.75 Å². The molecular weight excluding hydrogens is 216 g/mol. The summed E-state index contributed by atoms with van der Waals surface area (Å²) in [6, 6.07) is 9.45. The molecule has 17 heavy (non-hydrogen) atoms. The number of nitrogens with zero attached hydrogens (tertiary/aromatic N) is 1. The number of para-hydroxylation sites is 1. The average molecular weight is 234 g/mol. The minimum Gasteiger partial charge on any atom is -0.410 e. The topological polar surface area (TPSA) is 55.6 Å². The number of carbonyl (C=O) groups excluding carboxylic acids is 1. The Morgan fingerprint density at radius 3 is 2.59 bits per heavy atom. The van der Waals surface area contributed by atoms with Crippen molar-refractivity contribution in [1.82, 2.24) is 4.90 Å². The molecule has 2 N–H and O–H groups in total. The summed E-state index contributed by atoms with van der Waals surface area (Å²) in [6.07, 6.45) is 3.02. The highest BCUT2D eigenvalue weighted by atomic mass is 16.6. The second kappa shape index (κ2) is 5.68. The maximum absolute atomic E-state index is 12.0. The first-order chi connectivity index (χ1) is 8.31. The Bertz CT molecular complexity index is 363. The van der Waals surface area contributed by atoms with E-state index in [1.807, 2.05) is 18.2 Å². The molecule has 0 spiro atoms. The van der Waals surface area contributed by atoms with Crippen LogP contribution in [0.25, 0.3) is 0 Å². The van der Waals surface area contributed by atoms with Crippen molar-refractivity contribution in [2.75, 3.05) is 13.1 Å². The predicted molar refractivity (Wildman–Crippen MR) is 65.9 cm³/mol. The fourth-order valence-corrected chi connectivity index (χ4v) is 1.91. The van der Waals surface area contributed by atoms with Gasteiger partial charge in [0.2, 0.25) is 0 Å². The monoisotopic (exact) mass is 234 g/mol. The molecule has 1 aromatic carbocycles. The summed E-state index contributed by atoms with van der Waals surface area (Å²) in [4.78, 5) is 13.7. The maximum Gasteiger partial charge on any atom is 0.415 e. The van der Waals surface area contributed by atoms with Gasteiger partial charge in [-0.15, -0.1) is 0 Å². The fraction of sp³-hybridized carbons (Fsp3) is 0.462. The van der Waals surface area contributed by atoms with Gasteiger partial charge in [0.05, 0.1) is 0 Å². The molecule has 1 aromatic rings. The molecule has 1 amide bonds. The van der Waals surface area contributed by atoms with Gasteiger partial charge in [0.1, 0.15) is 5.75 Å². The van der Waals surface area contributed by atoms with Gasteiger partial charge in [-0.3, -0.25) is 0 Å². The quantitative estimate of drug-likeness (QED) is 0.866. The normalized spacial score (nSPS) is 15.1. The number of hydrogen-bond donors (Lipinski definition) is 1. The molecule has 4 heteroatoms. The summed E-state index contributed by atoms with van der Waals surface area (Å²) in [5.74, 6) is 0.582. The first-order valence-electron chi connectivity index (χ1n) is 6.05. The molecule has 1 saturated carbocycles. The first-order valence-corrected chi connectivity index (χ1v) is 6.05. The number of rotatable bonds is 4. The molecule has 4 nitrogen and oxygen atoms in total. The SMILES string of the molecule is NCCN(C(=O)Oc1ccccc1)C1CCC1. The van der Waals surface area contributed by atoms with Gasteiger partial charge in [0.15, 0.2) is 0 Å². The van der Waals surface area contributed by atoms with Crippen LogP contribution in [0.2, 0.25) is 0 Å². The van der Waals surface area contributed by atoms with E-state index in [0.29, 0.717) is 24.9 Å². The van der Waals surface area contributed by atoms with Gasteiger partial charge < -0.3 is 15.4 Å². The van der Waals surface area contributed by atoms with Gasteiger partial charge in [0, 0.05) is 19.1 Å². The largest absolute Gasteiger partial charge is 0.415 e. The second-order valence-corrected chi connectivity index (χ2v) is 4.25. The molecule has 2 rings (SSSR count). The molecule has 0 aromatic heterocycles. The zero-order valence-electron chi connectivity index (χ0n) is 9.84. The van der Waals surface area contributed by atoms with Crippen LogP contribution in [0, 0.1) is 0 Å². The maximum atomic E-state index is 12.0. The lowest BCUT2D eigenvalue weighted by Crippen LogP contribution is -2.47. The third-order valence-corrected chi connectivity index (χ3v) is 3.07. The highest BCUT2D eigenvalue weighted by Gasteiger charge is 2.29. The van der Waals surface area contributed by atoms with Crippen LogP contribution < -0.4 is 10.5 Å². The predicted octanol–water partition coefficient (Wildman–Crippen LogP) is 2.00. The Balaban J connectivity index is 1.96. The third kappa shape index (κ3) is 2.97. The van der Waals surface area contributed by atoms with E-state index in [1.54, 1.807) is 17.0 Å². The Kier molecular flexibility index (Phi) is 3.98. The van der Waals surface area contributed by atoms with E-state index in [-0.39, 0.29) is 6.09 Å². The minimum absolute atomic E-state index is 0.286. The minimum atomic E-state index is -0.286. The zero-order valence-corrected chi connectivity index (χ0v) is 9.84. The van der Waals surface area contributed by atoms with Gasteiger partial charge in [-0.25, -0.2) is 4.79 Å². The van der Waals surface area contributed by atoms with E-state index in [9.17, 15) is 4.79 Å². The van der Waals surface area contributed by atoms with Crippen LogP contribution in [0.3, 0.4) is 0 Å². The molecular formula is C13H18N2O2. The summed E-state index contributed by atoms with van der Waals surface area (Å²) in [7, 11) is 0.